The molecular formula is C11H24F3N3O2S. The first-order chi connectivity index (χ1) is 9.04. The molecule has 0 bridgehead atoms. The second kappa shape index (κ2) is 8.81. The minimum atomic E-state index is -4.25. The van der Waals surface area contributed by atoms with Crippen LogP contribution in [-0.4, -0.2) is 51.6 Å². The minimum Gasteiger partial charge on any atom is -0.314 e. The zero-order valence-corrected chi connectivity index (χ0v) is 12.9. The van der Waals surface area contributed by atoms with Crippen LogP contribution in [-0.2, 0) is 10.2 Å². The third-order valence-corrected chi connectivity index (χ3v) is 4.11. The summed E-state index contributed by atoms with van der Waals surface area (Å²) in [6, 6.07) is 0.331. The highest BCUT2D eigenvalue weighted by Crippen LogP contribution is 2.20. The fraction of sp³-hybridized carbons (Fsp3) is 1.00. The molecule has 5 nitrogen and oxygen atoms in total. The Balaban J connectivity index is 3.91. The first-order valence-electron chi connectivity index (χ1n) is 6.55. The maximum absolute atomic E-state index is 11.9. The van der Waals surface area contributed by atoms with Crippen molar-refractivity contribution in [2.75, 3.05) is 26.7 Å². The van der Waals surface area contributed by atoms with Crippen molar-refractivity contribution in [1.82, 2.24) is 14.3 Å². The molecule has 122 valence electrons. The normalized spacial score (nSPS) is 13.4. The zero-order chi connectivity index (χ0) is 15.8. The number of hydrogen-bond donors (Lipinski definition) is 2. The van der Waals surface area contributed by atoms with Crippen molar-refractivity contribution in [3.63, 3.8) is 0 Å². The largest absolute Gasteiger partial charge is 0.389 e. The molecule has 0 saturated heterocycles. The Morgan fingerprint density at radius 3 is 2.25 bits per heavy atom. The predicted molar refractivity (Wildman–Crippen MR) is 72.6 cm³/mol. The second-order valence-corrected chi connectivity index (χ2v) is 6.76. The average molecular weight is 319 g/mol. The molecule has 0 aliphatic heterocycles. The third-order valence-electron chi connectivity index (χ3n) is 2.53. The molecule has 0 heterocycles. The number of alkyl halides is 3. The Labute approximate surface area is 119 Å². The van der Waals surface area contributed by atoms with Crippen LogP contribution in [0.2, 0.25) is 0 Å². The fourth-order valence-corrected chi connectivity index (χ4v) is 2.40. The van der Waals surface area contributed by atoms with Crippen LogP contribution in [0.3, 0.4) is 0 Å². The molecule has 0 radical (unpaired) electrons. The summed E-state index contributed by atoms with van der Waals surface area (Å²) < 4.78 is 62.4. The van der Waals surface area contributed by atoms with Gasteiger partial charge in [-0.25, -0.2) is 4.72 Å². The van der Waals surface area contributed by atoms with Gasteiger partial charge in [0.25, 0.3) is 10.2 Å². The maximum Gasteiger partial charge on any atom is 0.389 e. The van der Waals surface area contributed by atoms with Crippen molar-refractivity contribution >= 4 is 10.2 Å². The van der Waals surface area contributed by atoms with Gasteiger partial charge >= 0.3 is 6.18 Å². The fourth-order valence-electron chi connectivity index (χ4n) is 1.41. The van der Waals surface area contributed by atoms with E-state index in [2.05, 4.69) is 10.0 Å². The average Bonchev–Trinajstić information content (AvgIpc) is 2.28. The van der Waals surface area contributed by atoms with Crippen molar-refractivity contribution in [3.8, 4) is 0 Å². The molecule has 0 aliphatic rings. The van der Waals surface area contributed by atoms with Gasteiger partial charge in [0, 0.05) is 32.6 Å². The smallest absolute Gasteiger partial charge is 0.314 e. The van der Waals surface area contributed by atoms with E-state index in [0.29, 0.717) is 25.6 Å². The minimum absolute atomic E-state index is 0.212. The summed E-state index contributed by atoms with van der Waals surface area (Å²) in [4.78, 5) is 0. The molecule has 0 unspecified atom stereocenters. The van der Waals surface area contributed by atoms with Crippen LogP contribution in [0.5, 0.6) is 0 Å². The standard InChI is InChI=1S/C11H24F3N3O2S/c1-10(2)15-7-5-9-17(3)20(18,19)16-8-4-6-11(12,13)14/h10,15-16H,4-9H2,1-3H3. The Hall–Kier alpha value is -0.380. The third kappa shape index (κ3) is 10.4. The van der Waals surface area contributed by atoms with Crippen LogP contribution in [0.25, 0.3) is 0 Å². The molecule has 2 N–H and O–H groups in total. The van der Waals surface area contributed by atoms with Crippen molar-refractivity contribution in [2.45, 2.75) is 45.3 Å². The van der Waals surface area contributed by atoms with Crippen molar-refractivity contribution < 1.29 is 21.6 Å². The summed E-state index contributed by atoms with van der Waals surface area (Å²) in [5.74, 6) is 0. The Bertz CT molecular complexity index is 358. The lowest BCUT2D eigenvalue weighted by molar-refractivity contribution is -0.135. The summed E-state index contributed by atoms with van der Waals surface area (Å²) >= 11 is 0. The van der Waals surface area contributed by atoms with Crippen molar-refractivity contribution in [1.29, 1.82) is 0 Å². The molecule has 0 aromatic heterocycles. The van der Waals surface area contributed by atoms with E-state index in [1.54, 1.807) is 0 Å². The molecule has 0 amide bonds. The van der Waals surface area contributed by atoms with Gasteiger partial charge in [-0.05, 0) is 19.4 Å². The van der Waals surface area contributed by atoms with Gasteiger partial charge < -0.3 is 5.32 Å². The van der Waals surface area contributed by atoms with Gasteiger partial charge in [0.05, 0.1) is 0 Å². The van der Waals surface area contributed by atoms with Gasteiger partial charge in [-0.1, -0.05) is 13.8 Å². The maximum atomic E-state index is 11.9. The van der Waals surface area contributed by atoms with Gasteiger partial charge in [0.15, 0.2) is 0 Å². The lowest BCUT2D eigenvalue weighted by atomic mass is 10.3. The van der Waals surface area contributed by atoms with E-state index >= 15 is 0 Å². The van der Waals surface area contributed by atoms with E-state index < -0.39 is 22.8 Å². The molecule has 0 atom stereocenters. The van der Waals surface area contributed by atoms with Crippen molar-refractivity contribution in [3.05, 3.63) is 0 Å². The zero-order valence-electron chi connectivity index (χ0n) is 12.1. The monoisotopic (exact) mass is 319 g/mol. The van der Waals surface area contributed by atoms with Crippen LogP contribution in [0.1, 0.15) is 33.1 Å². The van der Waals surface area contributed by atoms with Gasteiger partial charge in [-0.3, -0.25) is 0 Å². The molecular weight excluding hydrogens is 295 g/mol. The number of nitrogens with one attached hydrogen (secondary N) is 2. The summed E-state index contributed by atoms with van der Waals surface area (Å²) in [6.45, 7) is 4.77. The van der Waals surface area contributed by atoms with E-state index in [1.165, 1.54) is 7.05 Å². The van der Waals surface area contributed by atoms with E-state index in [0.717, 1.165) is 4.31 Å². The summed E-state index contributed by atoms with van der Waals surface area (Å²) in [5.41, 5.74) is 0. The summed E-state index contributed by atoms with van der Waals surface area (Å²) in [7, 11) is -2.29. The number of halogens is 3. The first-order valence-corrected chi connectivity index (χ1v) is 7.99. The SMILES string of the molecule is CC(C)NCCCN(C)S(=O)(=O)NCCCC(F)(F)F. The number of hydrogen-bond acceptors (Lipinski definition) is 3. The molecule has 0 rings (SSSR count). The van der Waals surface area contributed by atoms with Crippen LogP contribution in [0.15, 0.2) is 0 Å². The second-order valence-electron chi connectivity index (χ2n) is 4.90. The van der Waals surface area contributed by atoms with E-state index in [4.69, 9.17) is 0 Å². The van der Waals surface area contributed by atoms with Gasteiger partial charge in [0.1, 0.15) is 0 Å². The highest BCUT2D eigenvalue weighted by Gasteiger charge is 2.26. The van der Waals surface area contributed by atoms with Gasteiger partial charge in [-0.15, -0.1) is 0 Å². The van der Waals surface area contributed by atoms with E-state index in [9.17, 15) is 21.6 Å². The van der Waals surface area contributed by atoms with Gasteiger partial charge in [0.2, 0.25) is 0 Å². The molecule has 9 heteroatoms. The molecule has 0 aliphatic carbocycles. The Kier molecular flexibility index (Phi) is 8.64. The lowest BCUT2D eigenvalue weighted by Gasteiger charge is -2.18. The molecule has 0 spiro atoms. The molecule has 0 aromatic carbocycles. The number of nitrogens with zero attached hydrogens (tertiary/aromatic N) is 1. The summed E-state index contributed by atoms with van der Waals surface area (Å²) in [5, 5.41) is 3.15. The summed E-state index contributed by atoms with van der Waals surface area (Å²) in [6.07, 6.45) is -4.86. The Morgan fingerprint density at radius 2 is 1.75 bits per heavy atom. The molecule has 0 saturated carbocycles. The van der Waals surface area contributed by atoms with Gasteiger partial charge in [-0.2, -0.15) is 25.9 Å². The topological polar surface area (TPSA) is 61.4 Å². The Morgan fingerprint density at radius 1 is 1.15 bits per heavy atom. The van der Waals surface area contributed by atoms with Crippen LogP contribution in [0, 0.1) is 0 Å². The number of rotatable bonds is 10. The van der Waals surface area contributed by atoms with Crippen LogP contribution in [0.4, 0.5) is 13.2 Å². The first kappa shape index (κ1) is 19.6. The molecule has 20 heavy (non-hydrogen) atoms. The van der Waals surface area contributed by atoms with Crippen LogP contribution < -0.4 is 10.0 Å². The van der Waals surface area contributed by atoms with E-state index in [1.807, 2.05) is 13.8 Å². The quantitative estimate of drug-likeness (QED) is 0.600. The predicted octanol–water partition coefficient (Wildman–Crippen LogP) is 1.48. The van der Waals surface area contributed by atoms with Crippen LogP contribution >= 0.6 is 0 Å². The highest BCUT2D eigenvalue weighted by molar-refractivity contribution is 7.87. The lowest BCUT2D eigenvalue weighted by Crippen LogP contribution is -2.40. The molecule has 0 fully saturated rings. The van der Waals surface area contributed by atoms with E-state index in [-0.39, 0.29) is 13.0 Å². The molecule has 0 aromatic rings. The highest BCUT2D eigenvalue weighted by atomic mass is 32.2. The van der Waals surface area contributed by atoms with Crippen molar-refractivity contribution in [2.24, 2.45) is 0 Å².